The van der Waals surface area contributed by atoms with Crippen molar-refractivity contribution in [2.45, 2.75) is 26.2 Å². The van der Waals surface area contributed by atoms with Gasteiger partial charge in [0.15, 0.2) is 5.96 Å². The maximum atomic E-state index is 11.8. The van der Waals surface area contributed by atoms with E-state index >= 15 is 0 Å². The van der Waals surface area contributed by atoms with E-state index in [-0.39, 0.29) is 35.8 Å². The fraction of sp³-hybridized carbons (Fsp3) is 0.526. The van der Waals surface area contributed by atoms with Crippen molar-refractivity contribution in [3.63, 3.8) is 0 Å². The van der Waals surface area contributed by atoms with E-state index in [1.807, 2.05) is 43.1 Å². The summed E-state index contributed by atoms with van der Waals surface area (Å²) in [5, 5.41) is 3.19. The average molecular weight is 488 g/mol. The molecular weight excluding hydrogens is 459 g/mol. The van der Waals surface area contributed by atoms with Crippen molar-refractivity contribution in [1.29, 1.82) is 0 Å². The number of aliphatic imine (C=N–C) groups is 1. The largest absolute Gasteiger partial charge is 0.492 e. The number of imide groups is 1. The van der Waals surface area contributed by atoms with Crippen LogP contribution in [0, 0.1) is 6.92 Å². The highest BCUT2D eigenvalue weighted by Crippen LogP contribution is 2.12. The second-order valence-corrected chi connectivity index (χ2v) is 6.35. The fourth-order valence-corrected chi connectivity index (χ4v) is 2.75. The van der Waals surface area contributed by atoms with Gasteiger partial charge in [-0.25, -0.2) is 0 Å². The molecule has 150 valence electrons. The van der Waals surface area contributed by atoms with Gasteiger partial charge in [0.05, 0.1) is 6.54 Å². The second kappa shape index (κ2) is 11.8. The molecule has 0 saturated carbocycles. The van der Waals surface area contributed by atoms with Gasteiger partial charge >= 0.3 is 0 Å². The van der Waals surface area contributed by atoms with Crippen LogP contribution in [0.25, 0.3) is 0 Å². The number of hydrogen-bond donors (Lipinski definition) is 1. The summed E-state index contributed by atoms with van der Waals surface area (Å²) >= 11 is 0. The number of carbonyl (C=O) groups excluding carboxylic acids is 2. The van der Waals surface area contributed by atoms with Crippen molar-refractivity contribution >= 4 is 41.8 Å². The number of ether oxygens (including phenoxy) is 1. The number of likely N-dealkylation sites (tertiary alicyclic amines) is 1. The summed E-state index contributed by atoms with van der Waals surface area (Å²) in [5.41, 5.74) is 1.20. The smallest absolute Gasteiger partial charge is 0.229 e. The monoisotopic (exact) mass is 488 g/mol. The number of likely N-dealkylation sites (N-methyl/N-ethyl adjacent to an activating group) is 1. The van der Waals surface area contributed by atoms with E-state index in [0.717, 1.165) is 5.75 Å². The number of hydrogen-bond acceptors (Lipinski definition) is 4. The van der Waals surface area contributed by atoms with Crippen LogP contribution in [0.5, 0.6) is 5.75 Å². The Morgan fingerprint density at radius 1 is 1.22 bits per heavy atom. The molecule has 0 spiro atoms. The third kappa shape index (κ3) is 7.36. The summed E-state index contributed by atoms with van der Waals surface area (Å²) in [6, 6.07) is 7.94. The van der Waals surface area contributed by atoms with Crippen molar-refractivity contribution < 1.29 is 14.3 Å². The molecule has 0 aliphatic carbocycles. The van der Waals surface area contributed by atoms with E-state index in [1.165, 1.54) is 10.5 Å². The zero-order chi connectivity index (χ0) is 18.9. The molecule has 0 aromatic heterocycles. The van der Waals surface area contributed by atoms with Gasteiger partial charge in [0.2, 0.25) is 11.8 Å². The Morgan fingerprint density at radius 3 is 2.44 bits per heavy atom. The lowest BCUT2D eigenvalue weighted by molar-refractivity contribution is -0.147. The molecule has 1 aliphatic rings. The van der Waals surface area contributed by atoms with E-state index in [4.69, 9.17) is 4.74 Å². The van der Waals surface area contributed by atoms with Gasteiger partial charge in [0, 0.05) is 40.0 Å². The summed E-state index contributed by atoms with van der Waals surface area (Å²) in [6.07, 6.45) is 1.57. The van der Waals surface area contributed by atoms with Crippen molar-refractivity contribution in [2.75, 3.05) is 40.3 Å². The van der Waals surface area contributed by atoms with Crippen LogP contribution in [0.1, 0.15) is 24.8 Å². The molecule has 2 amide bonds. The molecule has 1 fully saturated rings. The Balaban J connectivity index is 0.00000364. The van der Waals surface area contributed by atoms with Gasteiger partial charge in [-0.05, 0) is 25.5 Å². The number of carbonyl (C=O) groups is 2. The first-order valence-electron chi connectivity index (χ1n) is 8.95. The van der Waals surface area contributed by atoms with Crippen LogP contribution in [0.4, 0.5) is 0 Å². The van der Waals surface area contributed by atoms with Crippen LogP contribution in [-0.4, -0.2) is 67.9 Å². The molecule has 1 N–H and O–H groups in total. The lowest BCUT2D eigenvalue weighted by Crippen LogP contribution is -2.47. The quantitative estimate of drug-likeness (QED) is 0.275. The number of rotatable bonds is 7. The van der Waals surface area contributed by atoms with Gasteiger partial charge in [-0.1, -0.05) is 17.7 Å². The maximum absolute atomic E-state index is 11.8. The van der Waals surface area contributed by atoms with Crippen LogP contribution >= 0.6 is 24.0 Å². The summed E-state index contributed by atoms with van der Waals surface area (Å²) in [6.45, 7) is 4.08. The van der Waals surface area contributed by atoms with Crippen molar-refractivity contribution in [3.8, 4) is 5.75 Å². The number of benzene rings is 1. The van der Waals surface area contributed by atoms with Crippen molar-refractivity contribution in [3.05, 3.63) is 29.8 Å². The Labute approximate surface area is 178 Å². The summed E-state index contributed by atoms with van der Waals surface area (Å²) in [7, 11) is 3.63. The Morgan fingerprint density at radius 2 is 1.85 bits per heavy atom. The molecule has 1 aliphatic heterocycles. The third-order valence-electron chi connectivity index (χ3n) is 4.29. The number of piperidine rings is 1. The highest BCUT2D eigenvalue weighted by Gasteiger charge is 2.25. The number of nitrogens with one attached hydrogen (secondary N) is 1. The first kappa shape index (κ1) is 23.2. The highest BCUT2D eigenvalue weighted by atomic mass is 127. The number of amides is 2. The van der Waals surface area contributed by atoms with Crippen LogP contribution in [0.15, 0.2) is 29.3 Å². The predicted octanol–water partition coefficient (Wildman–Crippen LogP) is 2.04. The predicted molar refractivity (Wildman–Crippen MR) is 117 cm³/mol. The lowest BCUT2D eigenvalue weighted by atomic mass is 10.1. The summed E-state index contributed by atoms with van der Waals surface area (Å²) in [4.78, 5) is 31.1. The SMILES string of the molecule is CN=C(NCCN1C(=O)CCCC1=O)N(C)CCOc1ccc(C)cc1.I. The number of aryl methyl sites for hydroxylation is 1. The van der Waals surface area contributed by atoms with E-state index in [1.54, 1.807) is 7.05 Å². The minimum absolute atomic E-state index is 0. The van der Waals surface area contributed by atoms with E-state index in [2.05, 4.69) is 10.3 Å². The normalized spacial score (nSPS) is 14.6. The first-order valence-corrected chi connectivity index (χ1v) is 8.95. The van der Waals surface area contributed by atoms with E-state index < -0.39 is 0 Å². The van der Waals surface area contributed by atoms with Crippen molar-refractivity contribution in [1.82, 2.24) is 15.1 Å². The molecule has 0 bridgehead atoms. The Kier molecular flexibility index (Phi) is 10.1. The molecule has 0 radical (unpaired) electrons. The van der Waals surface area contributed by atoms with Crippen LogP contribution in [-0.2, 0) is 9.59 Å². The molecule has 7 nitrogen and oxygen atoms in total. The van der Waals surface area contributed by atoms with Gasteiger partial charge in [0.25, 0.3) is 0 Å². The standard InChI is InChI=1S/C19H28N4O3.HI/c1-15-7-9-16(10-8-15)26-14-13-22(3)19(20-2)21-11-12-23-17(24)5-4-6-18(23)25;/h7-10H,4-6,11-14H2,1-3H3,(H,20,21);1H. The topological polar surface area (TPSA) is 74.2 Å². The number of halogens is 1. The third-order valence-corrected chi connectivity index (χ3v) is 4.29. The van der Waals surface area contributed by atoms with Gasteiger partial charge < -0.3 is 15.0 Å². The molecule has 0 atom stereocenters. The van der Waals surface area contributed by atoms with Crippen LogP contribution in [0.2, 0.25) is 0 Å². The highest BCUT2D eigenvalue weighted by molar-refractivity contribution is 14.0. The first-order chi connectivity index (χ1) is 12.5. The zero-order valence-corrected chi connectivity index (χ0v) is 18.6. The molecule has 0 unspecified atom stereocenters. The molecule has 8 heteroatoms. The van der Waals surface area contributed by atoms with Gasteiger partial charge in [-0.15, -0.1) is 24.0 Å². The van der Waals surface area contributed by atoms with Crippen LogP contribution in [0.3, 0.4) is 0 Å². The molecule has 1 aromatic carbocycles. The molecule has 1 heterocycles. The van der Waals surface area contributed by atoms with Gasteiger partial charge in [-0.2, -0.15) is 0 Å². The Bertz CT molecular complexity index is 633. The lowest BCUT2D eigenvalue weighted by Gasteiger charge is -2.26. The molecule has 27 heavy (non-hydrogen) atoms. The maximum Gasteiger partial charge on any atom is 0.229 e. The van der Waals surface area contributed by atoms with E-state index in [0.29, 0.717) is 51.5 Å². The van der Waals surface area contributed by atoms with Crippen molar-refractivity contribution in [2.24, 2.45) is 4.99 Å². The number of guanidine groups is 1. The summed E-state index contributed by atoms with van der Waals surface area (Å²) in [5.74, 6) is 1.37. The van der Waals surface area contributed by atoms with Crippen LogP contribution < -0.4 is 10.1 Å². The Hall–Kier alpha value is -1.84. The zero-order valence-electron chi connectivity index (χ0n) is 16.2. The van der Waals surface area contributed by atoms with E-state index in [9.17, 15) is 9.59 Å². The molecular formula is C19H29IN4O3. The van der Waals surface area contributed by atoms with Gasteiger partial charge in [0.1, 0.15) is 12.4 Å². The molecule has 1 saturated heterocycles. The second-order valence-electron chi connectivity index (χ2n) is 6.35. The average Bonchev–Trinajstić information content (AvgIpc) is 2.62. The minimum Gasteiger partial charge on any atom is -0.492 e. The molecule has 2 rings (SSSR count). The summed E-state index contributed by atoms with van der Waals surface area (Å²) < 4.78 is 5.73. The van der Waals surface area contributed by atoms with Gasteiger partial charge in [-0.3, -0.25) is 19.5 Å². The minimum atomic E-state index is -0.0853. The molecule has 1 aromatic rings. The fourth-order valence-electron chi connectivity index (χ4n) is 2.75. The number of nitrogens with zero attached hydrogens (tertiary/aromatic N) is 3.